The van der Waals surface area contributed by atoms with Gasteiger partial charge in [-0.15, -0.1) is 0 Å². The van der Waals surface area contributed by atoms with Crippen LogP contribution in [0.3, 0.4) is 0 Å². The molecule has 2 aromatic carbocycles. The molecule has 0 aliphatic carbocycles. The number of hydrogen-bond donors (Lipinski definition) is 0. The van der Waals surface area contributed by atoms with Gasteiger partial charge in [-0.3, -0.25) is 4.79 Å². The Kier molecular flexibility index (Phi) is 8.20. The number of carbonyl (C=O) groups excluding carboxylic acids is 1. The summed E-state index contributed by atoms with van der Waals surface area (Å²) >= 11 is 0. The summed E-state index contributed by atoms with van der Waals surface area (Å²) in [7, 11) is 3.26. The van der Waals surface area contributed by atoms with Gasteiger partial charge < -0.3 is 23.8 Å². The number of piperidine rings is 1. The van der Waals surface area contributed by atoms with E-state index in [9.17, 15) is 4.79 Å². The molecule has 1 fully saturated rings. The Balaban J connectivity index is 1.71. The maximum Gasteiger partial charge on any atom is 0.257 e. The van der Waals surface area contributed by atoms with Crippen molar-refractivity contribution in [2.45, 2.75) is 32.2 Å². The second-order valence-corrected chi connectivity index (χ2v) is 8.50. The highest BCUT2D eigenvalue weighted by Crippen LogP contribution is 2.34. The Morgan fingerprint density at radius 3 is 2.50 bits per heavy atom. The zero-order chi connectivity index (χ0) is 23.8. The predicted molar refractivity (Wildman–Crippen MR) is 132 cm³/mol. The Hall–Kier alpha value is -3.32. The van der Waals surface area contributed by atoms with Gasteiger partial charge in [0.1, 0.15) is 11.4 Å². The minimum absolute atomic E-state index is 0.0849. The van der Waals surface area contributed by atoms with Crippen molar-refractivity contribution in [3.05, 3.63) is 65.7 Å². The Morgan fingerprint density at radius 1 is 1.03 bits per heavy atom. The van der Waals surface area contributed by atoms with E-state index in [0.29, 0.717) is 31.0 Å². The highest BCUT2D eigenvalue weighted by molar-refractivity contribution is 5.97. The van der Waals surface area contributed by atoms with Crippen LogP contribution in [0.2, 0.25) is 0 Å². The van der Waals surface area contributed by atoms with E-state index in [-0.39, 0.29) is 5.91 Å². The first kappa shape index (κ1) is 23.8. The van der Waals surface area contributed by atoms with Gasteiger partial charge in [0, 0.05) is 38.9 Å². The molecule has 2 heterocycles. The molecule has 1 saturated heterocycles. The fourth-order valence-corrected chi connectivity index (χ4v) is 4.45. The normalized spacial score (nSPS) is 13.6. The second kappa shape index (κ2) is 11.7. The van der Waals surface area contributed by atoms with Crippen LogP contribution in [0, 0.1) is 0 Å². The summed E-state index contributed by atoms with van der Waals surface area (Å²) in [5.74, 6) is 1.25. The van der Waals surface area contributed by atoms with Gasteiger partial charge in [-0.1, -0.05) is 47.6 Å². The molecule has 0 N–H and O–H groups in total. The van der Waals surface area contributed by atoms with E-state index in [1.54, 1.807) is 14.2 Å². The Labute approximate surface area is 201 Å². The maximum atomic E-state index is 13.7. The minimum atomic E-state index is -0.0849. The maximum absolute atomic E-state index is 13.7. The molecule has 3 aromatic rings. The van der Waals surface area contributed by atoms with Crippen LogP contribution in [0.15, 0.2) is 59.1 Å². The highest BCUT2D eigenvalue weighted by atomic mass is 16.5. The number of carbonyl (C=O) groups is 1. The third kappa shape index (κ3) is 5.42. The molecule has 1 aromatic heterocycles. The number of anilines is 1. The number of ether oxygens (including phenoxy) is 2. The van der Waals surface area contributed by atoms with Crippen molar-refractivity contribution in [1.29, 1.82) is 0 Å². The summed E-state index contributed by atoms with van der Waals surface area (Å²) < 4.78 is 16.7. The molecule has 34 heavy (non-hydrogen) atoms. The van der Waals surface area contributed by atoms with Crippen LogP contribution in [-0.4, -0.2) is 56.4 Å². The van der Waals surface area contributed by atoms with E-state index >= 15 is 0 Å². The SMILES string of the molecule is COCCCN(Cc1c(-c2ccccc2)noc1N1CCCCC1)C(=O)c1ccccc1OC. The van der Waals surface area contributed by atoms with E-state index in [4.69, 9.17) is 14.0 Å². The quantitative estimate of drug-likeness (QED) is 0.393. The number of rotatable bonds is 10. The number of para-hydroxylation sites is 1. The molecule has 180 valence electrons. The van der Waals surface area contributed by atoms with Crippen molar-refractivity contribution in [3.63, 3.8) is 0 Å². The second-order valence-electron chi connectivity index (χ2n) is 8.50. The molecular formula is C27H33N3O4. The predicted octanol–water partition coefficient (Wildman–Crippen LogP) is 5.02. The molecule has 4 rings (SSSR count). The lowest BCUT2D eigenvalue weighted by atomic mass is 10.0. The van der Waals surface area contributed by atoms with Crippen LogP contribution in [0.25, 0.3) is 11.3 Å². The monoisotopic (exact) mass is 463 g/mol. The van der Waals surface area contributed by atoms with Gasteiger partial charge in [-0.05, 0) is 37.8 Å². The first-order valence-electron chi connectivity index (χ1n) is 11.9. The number of hydrogen-bond acceptors (Lipinski definition) is 6. The van der Waals surface area contributed by atoms with Gasteiger partial charge in [0.25, 0.3) is 5.91 Å². The van der Waals surface area contributed by atoms with Crippen molar-refractivity contribution in [1.82, 2.24) is 10.1 Å². The van der Waals surface area contributed by atoms with E-state index in [2.05, 4.69) is 10.1 Å². The zero-order valence-corrected chi connectivity index (χ0v) is 20.0. The van der Waals surface area contributed by atoms with Gasteiger partial charge in [0.2, 0.25) is 5.88 Å². The van der Waals surface area contributed by atoms with Crippen LogP contribution >= 0.6 is 0 Å². The largest absolute Gasteiger partial charge is 0.496 e. The van der Waals surface area contributed by atoms with Crippen LogP contribution in [-0.2, 0) is 11.3 Å². The molecule has 0 unspecified atom stereocenters. The molecule has 7 nitrogen and oxygen atoms in total. The van der Waals surface area contributed by atoms with E-state index < -0.39 is 0 Å². The summed E-state index contributed by atoms with van der Waals surface area (Å²) in [5.41, 5.74) is 3.24. The topological polar surface area (TPSA) is 68.0 Å². The number of aromatic nitrogens is 1. The lowest BCUT2D eigenvalue weighted by molar-refractivity contribution is 0.0720. The van der Waals surface area contributed by atoms with E-state index in [1.165, 1.54) is 6.42 Å². The lowest BCUT2D eigenvalue weighted by Gasteiger charge is -2.28. The van der Waals surface area contributed by atoms with E-state index in [0.717, 1.165) is 55.1 Å². The summed E-state index contributed by atoms with van der Waals surface area (Å²) in [5, 5.41) is 4.47. The lowest BCUT2D eigenvalue weighted by Crippen LogP contribution is -2.34. The van der Waals surface area contributed by atoms with Gasteiger partial charge in [-0.2, -0.15) is 0 Å². The molecular weight excluding hydrogens is 430 g/mol. The standard InChI is InChI=1S/C27H33N3O4/c1-32-19-11-18-30(26(31)22-14-7-8-15-24(22)33-2)20-23-25(21-12-5-3-6-13-21)28-34-27(23)29-16-9-4-10-17-29/h3,5-8,12-15H,4,9-11,16-20H2,1-2H3. The molecule has 1 amide bonds. The first-order valence-corrected chi connectivity index (χ1v) is 11.9. The molecule has 0 bridgehead atoms. The van der Waals surface area contributed by atoms with Gasteiger partial charge in [0.05, 0.1) is 24.8 Å². The van der Waals surface area contributed by atoms with Crippen molar-refractivity contribution < 1.29 is 18.8 Å². The molecule has 0 saturated carbocycles. The molecule has 1 aliphatic heterocycles. The fourth-order valence-electron chi connectivity index (χ4n) is 4.45. The van der Waals surface area contributed by atoms with Crippen molar-refractivity contribution >= 4 is 11.8 Å². The smallest absolute Gasteiger partial charge is 0.257 e. The third-order valence-corrected chi connectivity index (χ3v) is 6.21. The van der Waals surface area contributed by atoms with Crippen molar-refractivity contribution in [2.75, 3.05) is 45.4 Å². The number of amides is 1. The molecule has 0 atom stereocenters. The molecule has 0 spiro atoms. The van der Waals surface area contributed by atoms with Crippen LogP contribution < -0.4 is 9.64 Å². The van der Waals surface area contributed by atoms with Gasteiger partial charge >= 0.3 is 0 Å². The summed E-state index contributed by atoms with van der Waals surface area (Å²) in [4.78, 5) is 17.8. The zero-order valence-electron chi connectivity index (χ0n) is 20.0. The van der Waals surface area contributed by atoms with Crippen LogP contribution in [0.1, 0.15) is 41.6 Å². The summed E-state index contributed by atoms with van der Waals surface area (Å²) in [6, 6.07) is 17.4. The van der Waals surface area contributed by atoms with Crippen LogP contribution in [0.5, 0.6) is 5.75 Å². The molecule has 0 radical (unpaired) electrons. The van der Waals surface area contributed by atoms with Gasteiger partial charge in [0.15, 0.2) is 0 Å². The highest BCUT2D eigenvalue weighted by Gasteiger charge is 2.28. The van der Waals surface area contributed by atoms with Crippen LogP contribution in [0.4, 0.5) is 5.88 Å². The average Bonchev–Trinajstić information content (AvgIpc) is 3.32. The Bertz CT molecular complexity index is 1060. The average molecular weight is 464 g/mol. The molecule has 1 aliphatic rings. The fraction of sp³-hybridized carbons (Fsp3) is 0.407. The Morgan fingerprint density at radius 2 is 1.76 bits per heavy atom. The minimum Gasteiger partial charge on any atom is -0.496 e. The number of benzene rings is 2. The summed E-state index contributed by atoms with van der Waals surface area (Å²) in [6.07, 6.45) is 4.19. The number of methoxy groups -OCH3 is 2. The third-order valence-electron chi connectivity index (χ3n) is 6.21. The van der Waals surface area contributed by atoms with Crippen molar-refractivity contribution in [3.8, 4) is 17.0 Å². The van der Waals surface area contributed by atoms with Gasteiger partial charge in [-0.25, -0.2) is 0 Å². The number of nitrogens with zero attached hydrogens (tertiary/aromatic N) is 3. The first-order chi connectivity index (χ1) is 16.7. The summed E-state index contributed by atoms with van der Waals surface area (Å²) in [6.45, 7) is 3.37. The van der Waals surface area contributed by atoms with E-state index in [1.807, 2.05) is 59.5 Å². The van der Waals surface area contributed by atoms with Crippen molar-refractivity contribution in [2.24, 2.45) is 0 Å². The molecule has 7 heteroatoms.